The van der Waals surface area contributed by atoms with Crippen LogP contribution in [0.1, 0.15) is 19.4 Å². The van der Waals surface area contributed by atoms with Gasteiger partial charge in [0.15, 0.2) is 0 Å². The van der Waals surface area contributed by atoms with E-state index in [9.17, 15) is 4.79 Å². The van der Waals surface area contributed by atoms with Crippen LogP contribution in [0, 0.1) is 0 Å². The Bertz CT molecular complexity index is 435. The molecule has 112 valence electrons. The van der Waals surface area contributed by atoms with Crippen LogP contribution < -0.4 is 5.32 Å². The topological polar surface area (TPSA) is 60.5 Å². The van der Waals surface area contributed by atoms with E-state index in [1.807, 2.05) is 13.8 Å². The van der Waals surface area contributed by atoms with Crippen molar-refractivity contribution in [3.05, 3.63) is 28.0 Å². The molecule has 1 N–H and O–H groups in total. The maximum absolute atomic E-state index is 11.9. The van der Waals surface area contributed by atoms with Crippen LogP contribution in [0.25, 0.3) is 0 Å². The average molecular weight is 321 g/mol. The average Bonchev–Trinajstić information content (AvgIpc) is 2.35. The molecule has 0 spiro atoms. The lowest BCUT2D eigenvalue weighted by Crippen LogP contribution is -2.40. The fourth-order valence-electron chi connectivity index (χ4n) is 1.41. The van der Waals surface area contributed by atoms with E-state index in [2.05, 4.69) is 10.3 Å². The lowest BCUT2D eigenvalue weighted by Gasteiger charge is -2.17. The fourth-order valence-corrected chi connectivity index (χ4v) is 1.92. The molecular weight excluding hydrogens is 303 g/mol. The van der Waals surface area contributed by atoms with Gasteiger partial charge in [-0.3, -0.25) is 4.79 Å². The van der Waals surface area contributed by atoms with E-state index < -0.39 is 12.0 Å². The highest BCUT2D eigenvalue weighted by molar-refractivity contribution is 6.32. The monoisotopic (exact) mass is 320 g/mol. The summed E-state index contributed by atoms with van der Waals surface area (Å²) in [6, 6.07) is 2.68. The van der Waals surface area contributed by atoms with Crippen molar-refractivity contribution in [1.29, 1.82) is 0 Å². The molecule has 0 bridgehead atoms. The van der Waals surface area contributed by atoms with Crippen molar-refractivity contribution in [1.82, 2.24) is 10.3 Å². The van der Waals surface area contributed by atoms with Gasteiger partial charge in [-0.05, 0) is 38.6 Å². The van der Waals surface area contributed by atoms with Gasteiger partial charge in [0.1, 0.15) is 23.0 Å². The van der Waals surface area contributed by atoms with Crippen molar-refractivity contribution >= 4 is 29.2 Å². The summed E-state index contributed by atoms with van der Waals surface area (Å²) in [6.45, 7) is 4.14. The van der Waals surface area contributed by atoms with Gasteiger partial charge < -0.3 is 14.8 Å². The Morgan fingerprint density at radius 1 is 1.35 bits per heavy atom. The van der Waals surface area contributed by atoms with Crippen LogP contribution in [-0.4, -0.2) is 36.8 Å². The minimum Gasteiger partial charge on any atom is -0.460 e. The third-order valence-electron chi connectivity index (χ3n) is 2.43. The molecule has 5 nitrogen and oxygen atoms in total. The smallest absolute Gasteiger partial charge is 0.325 e. The molecule has 7 heteroatoms. The zero-order chi connectivity index (χ0) is 15.1. The number of carbonyl (C=O) groups excluding carboxylic acids is 1. The Morgan fingerprint density at radius 2 is 1.95 bits per heavy atom. The molecule has 0 radical (unpaired) electrons. The van der Waals surface area contributed by atoms with Gasteiger partial charge >= 0.3 is 5.97 Å². The Kier molecular flexibility index (Phi) is 7.23. The van der Waals surface area contributed by atoms with Crippen molar-refractivity contribution in [2.45, 2.75) is 32.6 Å². The number of pyridine rings is 1. The first-order valence-electron chi connectivity index (χ1n) is 6.20. The summed E-state index contributed by atoms with van der Waals surface area (Å²) in [5.74, 6) is -0.391. The second kappa shape index (κ2) is 8.42. The lowest BCUT2D eigenvalue weighted by molar-refractivity contribution is -0.149. The third kappa shape index (κ3) is 6.05. The summed E-state index contributed by atoms with van der Waals surface area (Å²) < 4.78 is 10.6. The Balaban J connectivity index is 2.52. The van der Waals surface area contributed by atoms with Crippen LogP contribution in [0.4, 0.5) is 0 Å². The second-order valence-corrected chi connectivity index (χ2v) is 5.23. The normalized spacial score (nSPS) is 12.5. The molecule has 1 atom stereocenters. The molecule has 0 amide bonds. The summed E-state index contributed by atoms with van der Waals surface area (Å²) in [5.41, 5.74) is 0.683. The molecule has 20 heavy (non-hydrogen) atoms. The zero-order valence-corrected chi connectivity index (χ0v) is 13.2. The van der Waals surface area contributed by atoms with Gasteiger partial charge in [-0.25, -0.2) is 4.98 Å². The van der Waals surface area contributed by atoms with E-state index >= 15 is 0 Å². The van der Waals surface area contributed by atoms with E-state index in [4.69, 9.17) is 32.7 Å². The van der Waals surface area contributed by atoms with Crippen LogP contribution in [0.2, 0.25) is 10.3 Å². The molecule has 0 aliphatic carbocycles. The number of halogens is 2. The van der Waals surface area contributed by atoms with Crippen LogP contribution >= 0.6 is 23.2 Å². The molecule has 0 aromatic carbocycles. The van der Waals surface area contributed by atoms with E-state index in [0.717, 1.165) is 0 Å². The number of nitrogens with zero attached hydrogens (tertiary/aromatic N) is 1. The van der Waals surface area contributed by atoms with Gasteiger partial charge in [-0.1, -0.05) is 23.2 Å². The molecule has 0 aliphatic rings. The van der Waals surface area contributed by atoms with Crippen molar-refractivity contribution in [3.8, 4) is 0 Å². The molecular formula is C13H18Cl2N2O3. The molecule has 1 aromatic rings. The number of rotatable bonds is 7. The van der Waals surface area contributed by atoms with Crippen molar-refractivity contribution < 1.29 is 14.3 Å². The van der Waals surface area contributed by atoms with E-state index in [1.165, 1.54) is 0 Å². The van der Waals surface area contributed by atoms with Crippen LogP contribution in [0.15, 0.2) is 12.1 Å². The maximum atomic E-state index is 11.9. The molecule has 0 saturated heterocycles. The van der Waals surface area contributed by atoms with Gasteiger partial charge in [0.2, 0.25) is 0 Å². The first-order valence-corrected chi connectivity index (χ1v) is 6.95. The fraction of sp³-hybridized carbons (Fsp3) is 0.538. The Hall–Kier alpha value is -0.880. The molecule has 0 unspecified atom stereocenters. The summed E-state index contributed by atoms with van der Waals surface area (Å²) in [5, 5.41) is 3.37. The molecule has 1 aromatic heterocycles. The number of carbonyl (C=O) groups is 1. The predicted molar refractivity (Wildman–Crippen MR) is 78.0 cm³/mol. The number of hydrogen-bond acceptors (Lipinski definition) is 5. The van der Waals surface area contributed by atoms with Crippen molar-refractivity contribution in [3.63, 3.8) is 0 Å². The highest BCUT2D eigenvalue weighted by Gasteiger charge is 2.19. The van der Waals surface area contributed by atoms with Crippen LogP contribution in [0.5, 0.6) is 0 Å². The molecule has 1 rings (SSSR count). The minimum absolute atomic E-state index is 0.0523. The summed E-state index contributed by atoms with van der Waals surface area (Å²) in [6.07, 6.45) is 0.0523. The van der Waals surface area contributed by atoms with Gasteiger partial charge in [-0.2, -0.15) is 0 Å². The zero-order valence-electron chi connectivity index (χ0n) is 11.7. The third-order valence-corrected chi connectivity index (χ3v) is 2.82. The number of aromatic nitrogens is 1. The van der Waals surface area contributed by atoms with Gasteiger partial charge in [0.05, 0.1) is 12.7 Å². The van der Waals surface area contributed by atoms with Crippen LogP contribution in [0.3, 0.4) is 0 Å². The molecule has 0 aliphatic heterocycles. The van der Waals surface area contributed by atoms with E-state index in [-0.39, 0.29) is 29.6 Å². The number of likely N-dealkylation sites (N-methyl/N-ethyl adjacent to an activating group) is 1. The first-order chi connectivity index (χ1) is 9.42. The maximum Gasteiger partial charge on any atom is 0.325 e. The van der Waals surface area contributed by atoms with E-state index in [1.54, 1.807) is 19.2 Å². The molecule has 0 saturated carbocycles. The van der Waals surface area contributed by atoms with E-state index in [0.29, 0.717) is 5.56 Å². The molecule has 1 heterocycles. The standard InChI is InChI=1S/C13H18Cl2N2O3/c1-8(2)19-7-10(16-3)13(18)20-6-9-4-11(14)17-12(15)5-9/h4-5,8,10,16H,6-7H2,1-3H3/t10-/m0/s1. The molecule has 0 fully saturated rings. The van der Waals surface area contributed by atoms with Crippen LogP contribution in [-0.2, 0) is 20.9 Å². The number of ether oxygens (including phenoxy) is 2. The highest BCUT2D eigenvalue weighted by Crippen LogP contribution is 2.15. The highest BCUT2D eigenvalue weighted by atomic mass is 35.5. The van der Waals surface area contributed by atoms with Gasteiger partial charge in [0.25, 0.3) is 0 Å². The first kappa shape index (κ1) is 17.2. The Morgan fingerprint density at radius 3 is 2.45 bits per heavy atom. The number of esters is 1. The summed E-state index contributed by atoms with van der Waals surface area (Å²) in [4.78, 5) is 15.7. The quantitative estimate of drug-likeness (QED) is 0.617. The van der Waals surface area contributed by atoms with Gasteiger partial charge in [-0.15, -0.1) is 0 Å². The number of nitrogens with one attached hydrogen (secondary N) is 1. The van der Waals surface area contributed by atoms with Gasteiger partial charge in [0, 0.05) is 0 Å². The Labute approximate surface area is 128 Å². The lowest BCUT2D eigenvalue weighted by atomic mass is 10.3. The second-order valence-electron chi connectivity index (χ2n) is 4.45. The predicted octanol–water partition coefficient (Wildman–Crippen LogP) is 2.44. The summed E-state index contributed by atoms with van der Waals surface area (Å²) >= 11 is 11.5. The SMILES string of the molecule is CN[C@@H](COC(C)C)C(=O)OCc1cc(Cl)nc(Cl)c1. The largest absolute Gasteiger partial charge is 0.460 e. The van der Waals surface area contributed by atoms with Crippen molar-refractivity contribution in [2.24, 2.45) is 0 Å². The number of hydrogen-bond donors (Lipinski definition) is 1. The summed E-state index contributed by atoms with van der Waals surface area (Å²) in [7, 11) is 1.68. The minimum atomic E-state index is -0.509. The van der Waals surface area contributed by atoms with Crippen molar-refractivity contribution in [2.75, 3.05) is 13.7 Å².